The van der Waals surface area contributed by atoms with Crippen molar-refractivity contribution in [2.75, 3.05) is 6.54 Å². The van der Waals surface area contributed by atoms with Gasteiger partial charge in [0.25, 0.3) is 0 Å². The Bertz CT molecular complexity index is 300. The molecule has 0 radical (unpaired) electrons. The minimum Gasteiger partial charge on any atom is -0.356 e. The summed E-state index contributed by atoms with van der Waals surface area (Å²) in [6, 6.07) is 0.245. The van der Waals surface area contributed by atoms with E-state index in [2.05, 4.69) is 24.5 Å². The Labute approximate surface area is 104 Å². The molecule has 1 saturated carbocycles. The van der Waals surface area contributed by atoms with Gasteiger partial charge in [0.15, 0.2) is 0 Å². The zero-order chi connectivity index (χ0) is 13.1. The number of carbonyl (C=O) groups is 2. The molecule has 0 aromatic heterocycles. The molecule has 4 nitrogen and oxygen atoms in total. The van der Waals surface area contributed by atoms with Gasteiger partial charge in [-0.05, 0) is 30.6 Å². The molecule has 2 atom stereocenters. The summed E-state index contributed by atoms with van der Waals surface area (Å²) in [7, 11) is 0. The molecule has 0 unspecified atom stereocenters. The molecule has 0 saturated heterocycles. The molecular formula is C13H24N2O2. The van der Waals surface area contributed by atoms with Crippen molar-refractivity contribution in [1.82, 2.24) is 10.6 Å². The molecule has 0 spiro atoms. The average Bonchev–Trinajstić information content (AvgIpc) is 2.10. The second-order valence-corrected chi connectivity index (χ2v) is 6.01. The fourth-order valence-corrected chi connectivity index (χ4v) is 2.94. The van der Waals surface area contributed by atoms with Crippen molar-refractivity contribution < 1.29 is 9.59 Å². The predicted molar refractivity (Wildman–Crippen MR) is 67.4 cm³/mol. The van der Waals surface area contributed by atoms with Gasteiger partial charge in [-0.1, -0.05) is 13.8 Å². The van der Waals surface area contributed by atoms with Gasteiger partial charge in [-0.15, -0.1) is 0 Å². The van der Waals surface area contributed by atoms with Crippen LogP contribution in [-0.2, 0) is 9.59 Å². The Balaban J connectivity index is 2.54. The second kappa shape index (κ2) is 5.52. The highest BCUT2D eigenvalue weighted by Gasteiger charge is 2.34. The lowest BCUT2D eigenvalue weighted by Crippen LogP contribution is -2.45. The van der Waals surface area contributed by atoms with Crippen LogP contribution in [0.4, 0.5) is 0 Å². The van der Waals surface area contributed by atoms with Gasteiger partial charge in [0.05, 0.1) is 0 Å². The number of rotatable bonds is 3. The quantitative estimate of drug-likeness (QED) is 0.784. The third kappa shape index (κ3) is 5.20. The first-order chi connectivity index (χ1) is 7.78. The molecule has 17 heavy (non-hydrogen) atoms. The summed E-state index contributed by atoms with van der Waals surface area (Å²) in [6.45, 7) is 8.27. The number of carbonyl (C=O) groups excluding carboxylic acids is 2. The Morgan fingerprint density at radius 2 is 1.82 bits per heavy atom. The molecule has 1 fully saturated rings. The van der Waals surface area contributed by atoms with E-state index in [4.69, 9.17) is 0 Å². The summed E-state index contributed by atoms with van der Waals surface area (Å²) < 4.78 is 0. The van der Waals surface area contributed by atoms with E-state index < -0.39 is 0 Å². The summed E-state index contributed by atoms with van der Waals surface area (Å²) in [5, 5.41) is 5.88. The van der Waals surface area contributed by atoms with Crippen LogP contribution in [0.15, 0.2) is 0 Å². The molecule has 2 N–H and O–H groups in total. The highest BCUT2D eigenvalue weighted by Crippen LogP contribution is 2.38. The number of hydrogen-bond acceptors (Lipinski definition) is 2. The summed E-state index contributed by atoms with van der Waals surface area (Å²) in [6.07, 6.45) is 3.08. The monoisotopic (exact) mass is 240 g/mol. The van der Waals surface area contributed by atoms with E-state index in [1.807, 2.05) is 0 Å². The van der Waals surface area contributed by atoms with E-state index in [1.165, 1.54) is 0 Å². The van der Waals surface area contributed by atoms with Crippen LogP contribution in [0.1, 0.15) is 47.0 Å². The first-order valence-corrected chi connectivity index (χ1v) is 6.30. The maximum absolute atomic E-state index is 11.1. The molecule has 0 aromatic rings. The average molecular weight is 240 g/mol. The fraction of sp³-hybridized carbons (Fsp3) is 0.846. The maximum Gasteiger partial charge on any atom is 0.217 e. The standard InChI is InChI=1S/C13H24N2O2/c1-9(16)14-8-11-5-12(15-10(2)17)7-13(3,4)6-11/h11-12H,5-8H2,1-4H3,(H,14,16)(H,15,17)/t11-,12-/m0/s1. The van der Waals surface area contributed by atoms with Crippen LogP contribution < -0.4 is 10.6 Å². The number of hydrogen-bond donors (Lipinski definition) is 2. The van der Waals surface area contributed by atoms with E-state index in [1.54, 1.807) is 13.8 Å². The third-order valence-corrected chi connectivity index (χ3v) is 3.31. The lowest BCUT2D eigenvalue weighted by Gasteiger charge is -2.40. The Hall–Kier alpha value is -1.06. The van der Waals surface area contributed by atoms with Crippen molar-refractivity contribution >= 4 is 11.8 Å². The van der Waals surface area contributed by atoms with Crippen LogP contribution in [0.3, 0.4) is 0 Å². The molecule has 0 heterocycles. The van der Waals surface area contributed by atoms with Crippen LogP contribution in [0, 0.1) is 11.3 Å². The molecule has 1 aliphatic carbocycles. The normalized spacial score (nSPS) is 27.3. The summed E-state index contributed by atoms with van der Waals surface area (Å²) in [4.78, 5) is 22.0. The van der Waals surface area contributed by atoms with Gasteiger partial charge in [0.2, 0.25) is 11.8 Å². The zero-order valence-electron chi connectivity index (χ0n) is 11.3. The molecule has 98 valence electrons. The Morgan fingerprint density at radius 1 is 1.18 bits per heavy atom. The van der Waals surface area contributed by atoms with E-state index in [9.17, 15) is 9.59 Å². The van der Waals surface area contributed by atoms with Crippen molar-refractivity contribution in [2.45, 2.75) is 53.0 Å². The predicted octanol–water partition coefficient (Wildman–Crippen LogP) is 1.45. The maximum atomic E-state index is 11.1. The minimum absolute atomic E-state index is 0.0180. The van der Waals surface area contributed by atoms with Crippen LogP contribution in [0.2, 0.25) is 0 Å². The molecule has 0 aliphatic heterocycles. The fourth-order valence-electron chi connectivity index (χ4n) is 2.94. The van der Waals surface area contributed by atoms with Gasteiger partial charge in [-0.3, -0.25) is 9.59 Å². The first kappa shape index (κ1) is 14.0. The lowest BCUT2D eigenvalue weighted by molar-refractivity contribution is -0.121. The van der Waals surface area contributed by atoms with Gasteiger partial charge in [-0.2, -0.15) is 0 Å². The van der Waals surface area contributed by atoms with Gasteiger partial charge in [0.1, 0.15) is 0 Å². The van der Waals surface area contributed by atoms with Crippen LogP contribution >= 0.6 is 0 Å². The molecule has 1 rings (SSSR count). The van der Waals surface area contributed by atoms with Gasteiger partial charge >= 0.3 is 0 Å². The second-order valence-electron chi connectivity index (χ2n) is 6.01. The van der Waals surface area contributed by atoms with Crippen LogP contribution in [0.5, 0.6) is 0 Å². The first-order valence-electron chi connectivity index (χ1n) is 6.30. The highest BCUT2D eigenvalue weighted by atomic mass is 16.2. The topological polar surface area (TPSA) is 58.2 Å². The van der Waals surface area contributed by atoms with Crippen LogP contribution in [-0.4, -0.2) is 24.4 Å². The summed E-state index contributed by atoms with van der Waals surface area (Å²) >= 11 is 0. The highest BCUT2D eigenvalue weighted by molar-refractivity contribution is 5.73. The largest absolute Gasteiger partial charge is 0.356 e. The van der Waals surface area contributed by atoms with Gasteiger partial charge < -0.3 is 10.6 Å². The molecule has 1 aliphatic rings. The number of amides is 2. The zero-order valence-corrected chi connectivity index (χ0v) is 11.3. The van der Waals surface area contributed by atoms with Crippen molar-refractivity contribution in [1.29, 1.82) is 0 Å². The molecule has 0 aromatic carbocycles. The Kier molecular flexibility index (Phi) is 4.54. The SMILES string of the molecule is CC(=O)NC[C@H]1C[C@H](NC(C)=O)CC(C)(C)C1. The molecule has 4 heteroatoms. The smallest absolute Gasteiger partial charge is 0.217 e. The third-order valence-electron chi connectivity index (χ3n) is 3.31. The van der Waals surface area contributed by atoms with E-state index in [0.717, 1.165) is 25.8 Å². The minimum atomic E-state index is 0.0180. The lowest BCUT2D eigenvalue weighted by atomic mass is 9.70. The van der Waals surface area contributed by atoms with Crippen molar-refractivity contribution in [2.24, 2.45) is 11.3 Å². The molecular weight excluding hydrogens is 216 g/mol. The summed E-state index contributed by atoms with van der Waals surface area (Å²) in [5.74, 6) is 0.509. The van der Waals surface area contributed by atoms with Gasteiger partial charge in [0, 0.05) is 26.4 Å². The van der Waals surface area contributed by atoms with E-state index in [0.29, 0.717) is 5.92 Å². The Morgan fingerprint density at radius 3 is 2.35 bits per heavy atom. The van der Waals surface area contributed by atoms with E-state index in [-0.39, 0.29) is 23.3 Å². The molecule has 2 amide bonds. The van der Waals surface area contributed by atoms with Gasteiger partial charge in [-0.25, -0.2) is 0 Å². The summed E-state index contributed by atoms with van der Waals surface area (Å²) in [5.41, 5.74) is 0.231. The number of nitrogens with one attached hydrogen (secondary N) is 2. The van der Waals surface area contributed by atoms with Crippen molar-refractivity contribution in [3.05, 3.63) is 0 Å². The van der Waals surface area contributed by atoms with Crippen molar-refractivity contribution in [3.8, 4) is 0 Å². The molecule has 0 bridgehead atoms. The van der Waals surface area contributed by atoms with Crippen molar-refractivity contribution in [3.63, 3.8) is 0 Å². The van der Waals surface area contributed by atoms with E-state index >= 15 is 0 Å². The van der Waals surface area contributed by atoms with Crippen LogP contribution in [0.25, 0.3) is 0 Å².